The van der Waals surface area contributed by atoms with Crippen molar-refractivity contribution in [2.75, 3.05) is 6.61 Å². The fourth-order valence-electron chi connectivity index (χ4n) is 2.40. The Morgan fingerprint density at radius 2 is 2.00 bits per heavy atom. The summed E-state index contributed by atoms with van der Waals surface area (Å²) in [6.07, 6.45) is 0.511. The van der Waals surface area contributed by atoms with Gasteiger partial charge in [0.15, 0.2) is 0 Å². The molecule has 2 aromatic carbocycles. The highest BCUT2D eigenvalue weighted by Crippen LogP contribution is 2.32. The van der Waals surface area contributed by atoms with E-state index < -0.39 is 23.6 Å². The van der Waals surface area contributed by atoms with Gasteiger partial charge in [-0.05, 0) is 30.3 Å². The third kappa shape index (κ3) is 2.72. The van der Waals surface area contributed by atoms with Crippen molar-refractivity contribution in [3.8, 4) is 5.75 Å². The SMILES string of the molecule is O=C(NC1CCOc2ccc(F)cc21)c1ccccc1F. The maximum Gasteiger partial charge on any atom is 0.254 e. The van der Waals surface area contributed by atoms with Gasteiger partial charge in [0.05, 0.1) is 18.2 Å². The van der Waals surface area contributed by atoms with Gasteiger partial charge >= 0.3 is 0 Å². The monoisotopic (exact) mass is 289 g/mol. The van der Waals surface area contributed by atoms with Crippen LogP contribution in [0, 0.1) is 11.6 Å². The van der Waals surface area contributed by atoms with Gasteiger partial charge in [0.1, 0.15) is 17.4 Å². The number of amides is 1. The van der Waals surface area contributed by atoms with Crippen LogP contribution < -0.4 is 10.1 Å². The van der Waals surface area contributed by atoms with Crippen LogP contribution in [0.5, 0.6) is 5.75 Å². The highest BCUT2D eigenvalue weighted by atomic mass is 19.1. The molecule has 3 nitrogen and oxygen atoms in total. The van der Waals surface area contributed by atoms with Crippen LogP contribution >= 0.6 is 0 Å². The topological polar surface area (TPSA) is 38.3 Å². The van der Waals surface area contributed by atoms with Gasteiger partial charge in [0.25, 0.3) is 5.91 Å². The lowest BCUT2D eigenvalue weighted by Crippen LogP contribution is -2.32. The van der Waals surface area contributed by atoms with Gasteiger partial charge in [-0.2, -0.15) is 0 Å². The van der Waals surface area contributed by atoms with Crippen LogP contribution in [0.1, 0.15) is 28.4 Å². The Morgan fingerprint density at radius 1 is 1.19 bits per heavy atom. The predicted molar refractivity (Wildman–Crippen MR) is 73.1 cm³/mol. The molecule has 0 aliphatic carbocycles. The molecule has 5 heteroatoms. The molecule has 108 valence electrons. The second kappa shape index (κ2) is 5.52. The molecule has 1 atom stereocenters. The van der Waals surface area contributed by atoms with Gasteiger partial charge < -0.3 is 10.1 Å². The Hall–Kier alpha value is -2.43. The first-order valence-corrected chi connectivity index (χ1v) is 6.63. The van der Waals surface area contributed by atoms with Crippen LogP contribution in [0.3, 0.4) is 0 Å². The van der Waals surface area contributed by atoms with Crippen LogP contribution in [-0.4, -0.2) is 12.5 Å². The van der Waals surface area contributed by atoms with E-state index in [1.54, 1.807) is 6.07 Å². The lowest BCUT2D eigenvalue weighted by molar-refractivity contribution is 0.0920. The fraction of sp³-hybridized carbons (Fsp3) is 0.188. The Balaban J connectivity index is 1.85. The van der Waals surface area contributed by atoms with Crippen LogP contribution in [-0.2, 0) is 0 Å². The van der Waals surface area contributed by atoms with Crippen molar-refractivity contribution in [1.82, 2.24) is 5.32 Å². The predicted octanol–water partition coefficient (Wildman–Crippen LogP) is 3.22. The Kier molecular flexibility index (Phi) is 3.56. The van der Waals surface area contributed by atoms with E-state index in [4.69, 9.17) is 4.74 Å². The van der Waals surface area contributed by atoms with Crippen LogP contribution in [0.15, 0.2) is 42.5 Å². The second-order valence-corrected chi connectivity index (χ2v) is 4.83. The van der Waals surface area contributed by atoms with Gasteiger partial charge in [0, 0.05) is 12.0 Å². The van der Waals surface area contributed by atoms with E-state index in [0.29, 0.717) is 24.3 Å². The number of hydrogen-bond acceptors (Lipinski definition) is 2. The van der Waals surface area contributed by atoms with Crippen molar-refractivity contribution in [3.63, 3.8) is 0 Å². The molecule has 0 aromatic heterocycles. The van der Waals surface area contributed by atoms with Gasteiger partial charge in [-0.25, -0.2) is 8.78 Å². The maximum absolute atomic E-state index is 13.6. The smallest absolute Gasteiger partial charge is 0.254 e. The van der Waals surface area contributed by atoms with E-state index in [-0.39, 0.29) is 5.56 Å². The van der Waals surface area contributed by atoms with Crippen molar-refractivity contribution >= 4 is 5.91 Å². The fourth-order valence-corrected chi connectivity index (χ4v) is 2.40. The zero-order valence-corrected chi connectivity index (χ0v) is 11.1. The highest BCUT2D eigenvalue weighted by Gasteiger charge is 2.24. The molecule has 0 saturated heterocycles. The number of carbonyl (C=O) groups excluding carboxylic acids is 1. The van der Waals surface area contributed by atoms with Gasteiger partial charge in [0.2, 0.25) is 0 Å². The van der Waals surface area contributed by atoms with Gasteiger partial charge in [-0.1, -0.05) is 12.1 Å². The first kappa shape index (κ1) is 13.5. The largest absolute Gasteiger partial charge is 0.493 e. The third-order valence-corrected chi connectivity index (χ3v) is 3.44. The molecular weight excluding hydrogens is 276 g/mol. The highest BCUT2D eigenvalue weighted by molar-refractivity contribution is 5.94. The lowest BCUT2D eigenvalue weighted by Gasteiger charge is -2.26. The average Bonchev–Trinajstić information content (AvgIpc) is 2.48. The molecule has 21 heavy (non-hydrogen) atoms. The molecule has 1 aliphatic heterocycles. The third-order valence-electron chi connectivity index (χ3n) is 3.44. The van der Waals surface area contributed by atoms with E-state index in [1.807, 2.05) is 0 Å². The van der Waals surface area contributed by atoms with Gasteiger partial charge in [-0.15, -0.1) is 0 Å². The summed E-state index contributed by atoms with van der Waals surface area (Å²) in [5.74, 6) is -0.956. The van der Waals surface area contributed by atoms with Crippen molar-refractivity contribution < 1.29 is 18.3 Å². The molecule has 0 fully saturated rings. The molecule has 1 heterocycles. The first-order valence-electron chi connectivity index (χ1n) is 6.63. The number of hydrogen-bond donors (Lipinski definition) is 1. The molecule has 1 unspecified atom stereocenters. The Bertz CT molecular complexity index is 688. The molecule has 3 rings (SSSR count). The van der Waals surface area contributed by atoms with E-state index in [9.17, 15) is 13.6 Å². The maximum atomic E-state index is 13.6. The van der Waals surface area contributed by atoms with E-state index in [2.05, 4.69) is 5.32 Å². The quantitative estimate of drug-likeness (QED) is 0.922. The standard InChI is InChI=1S/C16H13F2NO2/c17-10-5-6-15-12(9-10)14(7-8-21-15)19-16(20)11-3-1-2-4-13(11)18/h1-6,9,14H,7-8H2,(H,19,20). The molecule has 1 amide bonds. The lowest BCUT2D eigenvalue weighted by atomic mass is 10.00. The van der Waals surface area contributed by atoms with Crippen molar-refractivity contribution in [3.05, 3.63) is 65.2 Å². The zero-order valence-electron chi connectivity index (χ0n) is 11.1. The average molecular weight is 289 g/mol. The minimum Gasteiger partial charge on any atom is -0.493 e. The molecular formula is C16H13F2NO2. The summed E-state index contributed by atoms with van der Waals surface area (Å²) < 4.78 is 32.4. The number of benzene rings is 2. The normalized spacial score (nSPS) is 16.8. The molecule has 0 radical (unpaired) electrons. The van der Waals surface area contributed by atoms with Crippen LogP contribution in [0.25, 0.3) is 0 Å². The first-order chi connectivity index (χ1) is 10.1. The minimum absolute atomic E-state index is 0.0260. The number of rotatable bonds is 2. The van der Waals surface area contributed by atoms with Crippen LogP contribution in [0.2, 0.25) is 0 Å². The number of ether oxygens (including phenoxy) is 1. The molecule has 0 saturated carbocycles. The van der Waals surface area contributed by atoms with Crippen LogP contribution in [0.4, 0.5) is 8.78 Å². The summed E-state index contributed by atoms with van der Waals surface area (Å²) >= 11 is 0. The van der Waals surface area contributed by atoms with E-state index in [0.717, 1.165) is 0 Å². The number of fused-ring (bicyclic) bond motifs is 1. The minimum atomic E-state index is -0.582. The Morgan fingerprint density at radius 3 is 2.81 bits per heavy atom. The summed E-state index contributed by atoms with van der Waals surface area (Å²) in [6.45, 7) is 0.418. The number of halogens is 2. The molecule has 2 aromatic rings. The van der Waals surface area contributed by atoms with Gasteiger partial charge in [-0.3, -0.25) is 4.79 Å². The molecule has 0 bridgehead atoms. The summed E-state index contributed by atoms with van der Waals surface area (Å²) in [5.41, 5.74) is 0.549. The van der Waals surface area contributed by atoms with E-state index >= 15 is 0 Å². The summed E-state index contributed by atoms with van der Waals surface area (Å²) in [5, 5.41) is 2.73. The number of carbonyl (C=O) groups is 1. The second-order valence-electron chi connectivity index (χ2n) is 4.83. The van der Waals surface area contributed by atoms with E-state index in [1.165, 1.54) is 36.4 Å². The molecule has 1 N–H and O–H groups in total. The zero-order chi connectivity index (χ0) is 14.8. The molecule has 0 spiro atoms. The molecule has 1 aliphatic rings. The van der Waals surface area contributed by atoms with Crippen molar-refractivity contribution in [2.24, 2.45) is 0 Å². The summed E-state index contributed by atoms with van der Waals surface area (Å²) in [4.78, 5) is 12.1. The van der Waals surface area contributed by atoms with Crippen molar-refractivity contribution in [2.45, 2.75) is 12.5 Å². The summed E-state index contributed by atoms with van der Waals surface area (Å²) in [6, 6.07) is 9.54. The Labute approximate surface area is 120 Å². The summed E-state index contributed by atoms with van der Waals surface area (Å²) in [7, 11) is 0. The number of nitrogens with one attached hydrogen (secondary N) is 1. The van der Waals surface area contributed by atoms with Crippen molar-refractivity contribution in [1.29, 1.82) is 0 Å².